The predicted molar refractivity (Wildman–Crippen MR) is 144 cm³/mol. The van der Waals surface area contributed by atoms with Crippen LogP contribution in [0, 0.1) is 23.3 Å². The van der Waals surface area contributed by atoms with Gasteiger partial charge in [-0.25, -0.2) is 17.6 Å². The molecule has 0 saturated carbocycles. The maximum absolute atomic E-state index is 14.9. The van der Waals surface area contributed by atoms with Crippen LogP contribution in [0.25, 0.3) is 22.3 Å². The van der Waals surface area contributed by atoms with E-state index in [1.165, 1.54) is 5.56 Å². The lowest BCUT2D eigenvalue weighted by atomic mass is 9.96. The third kappa shape index (κ3) is 6.12. The summed E-state index contributed by atoms with van der Waals surface area (Å²) in [6, 6.07) is 21.2. The lowest BCUT2D eigenvalue weighted by molar-refractivity contribution is 0.499. The quantitative estimate of drug-likeness (QED) is 0.189. The first-order valence-electron chi connectivity index (χ1n) is 13.0. The van der Waals surface area contributed by atoms with Gasteiger partial charge in [0.25, 0.3) is 0 Å². The zero-order valence-electron chi connectivity index (χ0n) is 21.4. The monoisotopic (exact) mass is 504 g/mol. The summed E-state index contributed by atoms with van der Waals surface area (Å²) >= 11 is 0. The number of aryl methyl sites for hydroxylation is 4. The zero-order valence-corrected chi connectivity index (χ0v) is 21.4. The first-order chi connectivity index (χ1) is 17.9. The standard InChI is InChI=1S/C33H32F4/c1-3-5-7-26-18-20-28(32(36)30(26)34)25-15-10-23(11-16-25)12-17-27-19-21-29(33(37)31(27)35)24-13-8-22(6-4-2)9-14-24/h8-11,13-16,18-21H,3-7,12,17H2,1-2H3. The van der Waals surface area contributed by atoms with E-state index in [9.17, 15) is 17.6 Å². The highest BCUT2D eigenvalue weighted by atomic mass is 19.2. The Morgan fingerprint density at radius 2 is 0.892 bits per heavy atom. The highest BCUT2D eigenvalue weighted by molar-refractivity contribution is 5.66. The first-order valence-corrected chi connectivity index (χ1v) is 13.0. The largest absolute Gasteiger partial charge is 0.203 e. The maximum Gasteiger partial charge on any atom is 0.166 e. The number of hydrogen-bond acceptors (Lipinski definition) is 0. The Balaban J connectivity index is 1.45. The van der Waals surface area contributed by atoms with Crippen LogP contribution >= 0.6 is 0 Å². The Labute approximate surface area is 217 Å². The Hall–Kier alpha value is -3.40. The predicted octanol–water partition coefficient (Wildman–Crippen LogP) is 9.66. The molecule has 0 aliphatic heterocycles. The lowest BCUT2D eigenvalue weighted by Crippen LogP contribution is -2.00. The van der Waals surface area contributed by atoms with Gasteiger partial charge in [-0.05, 0) is 65.5 Å². The molecule has 4 aromatic carbocycles. The van der Waals surface area contributed by atoms with E-state index in [-0.39, 0.29) is 11.1 Å². The maximum atomic E-state index is 14.9. The number of benzene rings is 4. The molecule has 0 unspecified atom stereocenters. The second-order valence-corrected chi connectivity index (χ2v) is 9.55. The van der Waals surface area contributed by atoms with Gasteiger partial charge < -0.3 is 0 Å². The highest BCUT2D eigenvalue weighted by Crippen LogP contribution is 2.29. The van der Waals surface area contributed by atoms with Crippen molar-refractivity contribution >= 4 is 0 Å². The van der Waals surface area contributed by atoms with Crippen LogP contribution in [0.5, 0.6) is 0 Å². The number of rotatable bonds is 10. The molecule has 0 aliphatic rings. The van der Waals surface area contributed by atoms with Gasteiger partial charge in [0.2, 0.25) is 0 Å². The van der Waals surface area contributed by atoms with Crippen molar-refractivity contribution in [3.05, 3.63) is 118 Å². The molecule has 192 valence electrons. The molecule has 0 aliphatic carbocycles. The molecule has 0 amide bonds. The van der Waals surface area contributed by atoms with Crippen molar-refractivity contribution < 1.29 is 17.6 Å². The Morgan fingerprint density at radius 3 is 1.35 bits per heavy atom. The van der Waals surface area contributed by atoms with Crippen LogP contribution in [-0.2, 0) is 25.7 Å². The minimum Gasteiger partial charge on any atom is -0.203 e. The van der Waals surface area contributed by atoms with Gasteiger partial charge in [-0.1, -0.05) is 99.5 Å². The van der Waals surface area contributed by atoms with Crippen molar-refractivity contribution in [2.75, 3.05) is 0 Å². The van der Waals surface area contributed by atoms with Crippen LogP contribution in [0.2, 0.25) is 0 Å². The van der Waals surface area contributed by atoms with Crippen LogP contribution < -0.4 is 0 Å². The van der Waals surface area contributed by atoms with E-state index in [2.05, 4.69) is 6.92 Å². The molecule has 0 radical (unpaired) electrons. The highest BCUT2D eigenvalue weighted by Gasteiger charge is 2.16. The van der Waals surface area contributed by atoms with Crippen molar-refractivity contribution in [1.29, 1.82) is 0 Å². The van der Waals surface area contributed by atoms with Crippen LogP contribution in [0.3, 0.4) is 0 Å². The summed E-state index contributed by atoms with van der Waals surface area (Å²) in [7, 11) is 0. The summed E-state index contributed by atoms with van der Waals surface area (Å²) in [4.78, 5) is 0. The van der Waals surface area contributed by atoms with E-state index in [4.69, 9.17) is 0 Å². The average molecular weight is 505 g/mol. The normalized spacial score (nSPS) is 11.2. The smallest absolute Gasteiger partial charge is 0.166 e. The van der Waals surface area contributed by atoms with Crippen LogP contribution in [-0.4, -0.2) is 0 Å². The van der Waals surface area contributed by atoms with Crippen molar-refractivity contribution in [1.82, 2.24) is 0 Å². The summed E-state index contributed by atoms with van der Waals surface area (Å²) in [5, 5.41) is 0. The molecule has 0 aromatic heterocycles. The number of halogens is 4. The molecular formula is C33H32F4. The fourth-order valence-electron chi connectivity index (χ4n) is 4.65. The summed E-state index contributed by atoms with van der Waals surface area (Å²) in [6.45, 7) is 4.11. The number of unbranched alkanes of at least 4 members (excludes halogenated alkanes) is 1. The van der Waals surface area contributed by atoms with Crippen molar-refractivity contribution in [3.63, 3.8) is 0 Å². The van der Waals surface area contributed by atoms with E-state index < -0.39 is 23.3 Å². The Bertz CT molecular complexity index is 1340. The van der Waals surface area contributed by atoms with E-state index in [1.807, 2.05) is 43.3 Å². The molecular weight excluding hydrogens is 472 g/mol. The second-order valence-electron chi connectivity index (χ2n) is 9.55. The van der Waals surface area contributed by atoms with Gasteiger partial charge in [-0.3, -0.25) is 0 Å². The molecule has 4 heteroatoms. The Kier molecular flexibility index (Phi) is 8.81. The fraction of sp³-hybridized carbons (Fsp3) is 0.273. The minimum absolute atomic E-state index is 0.218. The van der Waals surface area contributed by atoms with Gasteiger partial charge in [0.15, 0.2) is 23.3 Å². The van der Waals surface area contributed by atoms with Gasteiger partial charge in [-0.15, -0.1) is 0 Å². The molecule has 4 rings (SSSR count). The average Bonchev–Trinajstić information content (AvgIpc) is 2.92. The molecule has 0 atom stereocenters. The molecule has 0 bridgehead atoms. The van der Waals surface area contributed by atoms with E-state index in [0.29, 0.717) is 41.5 Å². The van der Waals surface area contributed by atoms with Crippen molar-refractivity contribution in [3.8, 4) is 22.3 Å². The summed E-state index contributed by atoms with van der Waals surface area (Å²) in [5.41, 5.74) is 4.48. The van der Waals surface area contributed by atoms with Gasteiger partial charge in [0, 0.05) is 11.1 Å². The SMILES string of the molecule is CCCCc1ccc(-c2ccc(CCc3ccc(-c4ccc(CCC)cc4)c(F)c3F)cc2)c(F)c1F. The van der Waals surface area contributed by atoms with Crippen LogP contribution in [0.4, 0.5) is 17.6 Å². The molecule has 0 fully saturated rings. The van der Waals surface area contributed by atoms with Crippen molar-refractivity contribution in [2.24, 2.45) is 0 Å². The van der Waals surface area contributed by atoms with Gasteiger partial charge in [-0.2, -0.15) is 0 Å². The topological polar surface area (TPSA) is 0 Å². The second kappa shape index (κ2) is 12.2. The van der Waals surface area contributed by atoms with Gasteiger partial charge in [0.05, 0.1) is 0 Å². The van der Waals surface area contributed by atoms with E-state index in [1.54, 1.807) is 36.4 Å². The van der Waals surface area contributed by atoms with Gasteiger partial charge >= 0.3 is 0 Å². The molecule has 0 saturated heterocycles. The Morgan fingerprint density at radius 1 is 0.432 bits per heavy atom. The van der Waals surface area contributed by atoms with Gasteiger partial charge in [0.1, 0.15) is 0 Å². The zero-order chi connectivity index (χ0) is 26.4. The van der Waals surface area contributed by atoms with Crippen LogP contribution in [0.15, 0.2) is 72.8 Å². The van der Waals surface area contributed by atoms with E-state index >= 15 is 0 Å². The summed E-state index contributed by atoms with van der Waals surface area (Å²) < 4.78 is 58.9. The van der Waals surface area contributed by atoms with E-state index in [0.717, 1.165) is 31.2 Å². The fourth-order valence-corrected chi connectivity index (χ4v) is 4.65. The molecule has 0 spiro atoms. The summed E-state index contributed by atoms with van der Waals surface area (Å²) in [5.74, 6) is -3.28. The van der Waals surface area contributed by atoms with Crippen molar-refractivity contribution in [2.45, 2.75) is 58.8 Å². The number of hydrogen-bond donors (Lipinski definition) is 0. The summed E-state index contributed by atoms with van der Waals surface area (Å²) in [6.07, 6.45) is 5.04. The van der Waals surface area contributed by atoms with Crippen LogP contribution in [0.1, 0.15) is 55.4 Å². The third-order valence-electron chi connectivity index (χ3n) is 6.88. The first kappa shape index (κ1) is 26.7. The molecule has 4 aromatic rings. The molecule has 0 N–H and O–H groups in total. The molecule has 37 heavy (non-hydrogen) atoms. The molecule has 0 heterocycles. The minimum atomic E-state index is -0.837. The third-order valence-corrected chi connectivity index (χ3v) is 6.88. The lowest BCUT2D eigenvalue weighted by Gasteiger charge is -2.11. The molecule has 0 nitrogen and oxygen atoms in total.